The number of hydrogen-bond acceptors (Lipinski definition) is 5. The van der Waals surface area contributed by atoms with E-state index in [-0.39, 0.29) is 5.56 Å². The van der Waals surface area contributed by atoms with Gasteiger partial charge in [-0.1, -0.05) is 18.7 Å². The maximum Gasteiger partial charge on any atom is 0.251 e. The molecule has 2 rings (SSSR count). The summed E-state index contributed by atoms with van der Waals surface area (Å²) in [5.74, 6) is 0.798. The van der Waals surface area contributed by atoms with E-state index < -0.39 is 0 Å². The normalized spacial score (nSPS) is 10.7. The summed E-state index contributed by atoms with van der Waals surface area (Å²) in [6, 6.07) is 1.49. The van der Waals surface area contributed by atoms with Gasteiger partial charge in [0.15, 0.2) is 5.16 Å². The predicted octanol–water partition coefficient (Wildman–Crippen LogP) is 2.39. The molecule has 0 bridgehead atoms. The second-order valence-electron chi connectivity index (χ2n) is 3.61. The van der Waals surface area contributed by atoms with E-state index in [0.717, 1.165) is 17.9 Å². The monoisotopic (exact) mass is 267 g/mol. The maximum absolute atomic E-state index is 11.3. The van der Waals surface area contributed by atoms with Crippen LogP contribution in [-0.4, -0.2) is 14.3 Å². The van der Waals surface area contributed by atoms with Gasteiger partial charge >= 0.3 is 0 Å². The third-order valence-electron chi connectivity index (χ3n) is 2.26. The van der Waals surface area contributed by atoms with Crippen molar-refractivity contribution in [2.75, 3.05) is 0 Å². The predicted molar refractivity (Wildman–Crippen MR) is 70.6 cm³/mol. The first-order chi connectivity index (χ1) is 8.19. The lowest BCUT2D eigenvalue weighted by molar-refractivity contribution is 0.905. The van der Waals surface area contributed by atoms with Crippen LogP contribution < -0.4 is 5.56 Å². The number of aromatic amines is 1. The number of H-pyrrole nitrogens is 1. The zero-order valence-electron chi connectivity index (χ0n) is 9.69. The summed E-state index contributed by atoms with van der Waals surface area (Å²) < 4.78 is 4.18. The Hall–Kier alpha value is -1.14. The van der Waals surface area contributed by atoms with Gasteiger partial charge in [-0.3, -0.25) is 4.79 Å². The number of aromatic nitrogens is 3. The molecule has 6 heteroatoms. The van der Waals surface area contributed by atoms with Gasteiger partial charge in [-0.05, 0) is 30.4 Å². The summed E-state index contributed by atoms with van der Waals surface area (Å²) in [4.78, 5) is 19.6. The Morgan fingerprint density at radius 3 is 3.06 bits per heavy atom. The smallest absolute Gasteiger partial charge is 0.251 e. The Morgan fingerprint density at radius 2 is 2.35 bits per heavy atom. The number of nitrogens with one attached hydrogen (secondary N) is 1. The molecule has 1 N–H and O–H groups in total. The lowest BCUT2D eigenvalue weighted by atomic mass is 10.3. The van der Waals surface area contributed by atoms with Gasteiger partial charge in [-0.15, -0.1) is 0 Å². The molecule has 0 unspecified atom stereocenters. The SMILES string of the molecule is CCc1sncc1CSc1nc(C)cc(=O)[nH]1. The largest absolute Gasteiger partial charge is 0.301 e. The van der Waals surface area contributed by atoms with Gasteiger partial charge in [0.05, 0.1) is 0 Å². The van der Waals surface area contributed by atoms with Crippen molar-refractivity contribution in [2.45, 2.75) is 31.2 Å². The Labute approximate surface area is 108 Å². The molecule has 0 spiro atoms. The van der Waals surface area contributed by atoms with E-state index in [1.165, 1.54) is 39.8 Å². The van der Waals surface area contributed by atoms with Crippen LogP contribution in [0.3, 0.4) is 0 Å². The highest BCUT2D eigenvalue weighted by atomic mass is 32.2. The van der Waals surface area contributed by atoms with Gasteiger partial charge in [-0.25, -0.2) is 9.36 Å². The Kier molecular flexibility index (Phi) is 3.96. The fraction of sp³-hybridized carbons (Fsp3) is 0.364. The van der Waals surface area contributed by atoms with Gasteiger partial charge < -0.3 is 4.98 Å². The number of nitrogens with zero attached hydrogens (tertiary/aromatic N) is 2. The van der Waals surface area contributed by atoms with Crippen molar-refractivity contribution in [1.82, 2.24) is 14.3 Å². The molecule has 2 aromatic heterocycles. The van der Waals surface area contributed by atoms with Crippen LogP contribution in [-0.2, 0) is 12.2 Å². The first-order valence-corrected chi connectivity index (χ1v) is 7.08. The molecule has 17 heavy (non-hydrogen) atoms. The molecule has 0 aliphatic carbocycles. The summed E-state index contributed by atoms with van der Waals surface area (Å²) in [7, 11) is 0. The third kappa shape index (κ3) is 3.17. The highest BCUT2D eigenvalue weighted by Gasteiger charge is 2.06. The number of aryl methyl sites for hydroxylation is 2. The Balaban J connectivity index is 2.09. The van der Waals surface area contributed by atoms with Crippen molar-refractivity contribution in [1.29, 1.82) is 0 Å². The van der Waals surface area contributed by atoms with Crippen LogP contribution in [0.5, 0.6) is 0 Å². The molecule has 0 saturated heterocycles. The average molecular weight is 267 g/mol. The fourth-order valence-corrected chi connectivity index (χ4v) is 3.15. The van der Waals surface area contributed by atoms with Crippen LogP contribution in [0.25, 0.3) is 0 Å². The molecule has 0 amide bonds. The summed E-state index contributed by atoms with van der Waals surface area (Å²) in [6.07, 6.45) is 2.89. The Bertz CT molecular complexity index is 562. The van der Waals surface area contributed by atoms with Gasteiger partial charge in [0.25, 0.3) is 5.56 Å². The standard InChI is InChI=1S/C11H13N3OS2/c1-3-9-8(5-12-17-9)6-16-11-13-7(2)4-10(15)14-11/h4-5H,3,6H2,1-2H3,(H,13,14,15). The van der Waals surface area contributed by atoms with Crippen LogP contribution in [0.1, 0.15) is 23.1 Å². The van der Waals surface area contributed by atoms with Crippen molar-refractivity contribution < 1.29 is 0 Å². The summed E-state index contributed by atoms with van der Waals surface area (Å²) in [6.45, 7) is 3.94. The van der Waals surface area contributed by atoms with Crippen molar-refractivity contribution >= 4 is 23.3 Å². The molecule has 4 nitrogen and oxygen atoms in total. The van der Waals surface area contributed by atoms with Crippen molar-refractivity contribution in [3.05, 3.63) is 38.8 Å². The molecule has 0 aliphatic heterocycles. The maximum atomic E-state index is 11.3. The average Bonchev–Trinajstić information content (AvgIpc) is 2.72. The van der Waals surface area contributed by atoms with Gasteiger partial charge in [0, 0.05) is 28.6 Å². The zero-order valence-corrected chi connectivity index (χ0v) is 11.3. The lowest BCUT2D eigenvalue weighted by Crippen LogP contribution is -2.08. The first kappa shape index (κ1) is 12.3. The minimum atomic E-state index is -0.0980. The van der Waals surface area contributed by atoms with Crippen molar-refractivity contribution in [2.24, 2.45) is 0 Å². The molecule has 0 aromatic carbocycles. The molecular formula is C11H13N3OS2. The highest BCUT2D eigenvalue weighted by molar-refractivity contribution is 7.98. The Morgan fingerprint density at radius 1 is 1.53 bits per heavy atom. The van der Waals surface area contributed by atoms with E-state index in [0.29, 0.717) is 5.16 Å². The molecule has 0 atom stereocenters. The first-order valence-electron chi connectivity index (χ1n) is 5.32. The van der Waals surface area contributed by atoms with Crippen LogP contribution in [0, 0.1) is 6.92 Å². The van der Waals surface area contributed by atoms with Crippen LogP contribution in [0.2, 0.25) is 0 Å². The van der Waals surface area contributed by atoms with E-state index in [4.69, 9.17) is 0 Å². The second-order valence-corrected chi connectivity index (χ2v) is 5.46. The number of thioether (sulfide) groups is 1. The molecule has 90 valence electrons. The van der Waals surface area contributed by atoms with Crippen LogP contribution >= 0.6 is 23.3 Å². The fourth-order valence-electron chi connectivity index (χ4n) is 1.46. The summed E-state index contributed by atoms with van der Waals surface area (Å²) in [5.41, 5.74) is 1.88. The minimum absolute atomic E-state index is 0.0980. The molecular weight excluding hydrogens is 254 g/mol. The lowest BCUT2D eigenvalue weighted by Gasteiger charge is -2.01. The third-order valence-corrected chi connectivity index (χ3v) is 4.17. The molecule has 0 saturated carbocycles. The topological polar surface area (TPSA) is 58.6 Å². The quantitative estimate of drug-likeness (QED) is 0.682. The van der Waals surface area contributed by atoms with Crippen LogP contribution in [0.4, 0.5) is 0 Å². The molecule has 0 aliphatic rings. The molecule has 0 fully saturated rings. The summed E-state index contributed by atoms with van der Waals surface area (Å²) >= 11 is 3.07. The van der Waals surface area contributed by atoms with Crippen molar-refractivity contribution in [3.8, 4) is 0 Å². The molecule has 2 aromatic rings. The van der Waals surface area contributed by atoms with E-state index in [1.807, 2.05) is 13.1 Å². The molecule has 0 radical (unpaired) electrons. The minimum Gasteiger partial charge on any atom is -0.301 e. The van der Waals surface area contributed by atoms with E-state index in [9.17, 15) is 4.79 Å². The van der Waals surface area contributed by atoms with Gasteiger partial charge in [0.2, 0.25) is 0 Å². The molecule has 2 heterocycles. The van der Waals surface area contributed by atoms with Gasteiger partial charge in [-0.2, -0.15) is 0 Å². The van der Waals surface area contributed by atoms with Crippen molar-refractivity contribution in [3.63, 3.8) is 0 Å². The zero-order chi connectivity index (χ0) is 12.3. The summed E-state index contributed by atoms with van der Waals surface area (Å²) in [5, 5.41) is 0.670. The van der Waals surface area contributed by atoms with E-state index in [2.05, 4.69) is 21.3 Å². The number of rotatable bonds is 4. The van der Waals surface area contributed by atoms with E-state index in [1.54, 1.807) is 0 Å². The second kappa shape index (κ2) is 5.46. The van der Waals surface area contributed by atoms with Crippen LogP contribution in [0.15, 0.2) is 22.2 Å². The van der Waals surface area contributed by atoms with Gasteiger partial charge in [0.1, 0.15) is 0 Å². The number of hydrogen-bond donors (Lipinski definition) is 1. The van der Waals surface area contributed by atoms with E-state index >= 15 is 0 Å². The highest BCUT2D eigenvalue weighted by Crippen LogP contribution is 2.23.